The van der Waals surface area contributed by atoms with E-state index in [0.29, 0.717) is 12.4 Å². The normalized spacial score (nSPS) is 20.7. The molecule has 6 heteroatoms. The molecule has 0 amide bonds. The summed E-state index contributed by atoms with van der Waals surface area (Å²) in [5.41, 5.74) is 9.48. The largest absolute Gasteiger partial charge is 0.369 e. The van der Waals surface area contributed by atoms with Crippen LogP contribution >= 0.6 is 0 Å². The minimum atomic E-state index is -0.813. The molecular weight excluding hydrogens is 384 g/mol. The summed E-state index contributed by atoms with van der Waals surface area (Å²) in [6.07, 6.45) is 12.3. The fourth-order valence-corrected chi connectivity index (χ4v) is 4.07. The molecule has 6 nitrogen and oxygen atoms in total. The number of amidine groups is 1. The van der Waals surface area contributed by atoms with Crippen molar-refractivity contribution in [2.75, 3.05) is 13.1 Å². The number of pyridine rings is 1. The van der Waals surface area contributed by atoms with E-state index in [4.69, 9.17) is 21.0 Å². The zero-order valence-corrected chi connectivity index (χ0v) is 17.3. The van der Waals surface area contributed by atoms with Crippen molar-refractivity contribution in [1.82, 2.24) is 9.88 Å². The maximum absolute atomic E-state index is 8.73. The number of hydrogen-bond acceptors (Lipinski definition) is 6. The van der Waals surface area contributed by atoms with E-state index in [2.05, 4.69) is 29.8 Å². The third-order valence-electron chi connectivity index (χ3n) is 5.49. The Morgan fingerprint density at radius 3 is 2.87 bits per heavy atom. The Hall–Kier alpha value is -3.98. The second-order valence-corrected chi connectivity index (χ2v) is 7.32. The van der Waals surface area contributed by atoms with Crippen LogP contribution in [0.4, 0.5) is 0 Å². The molecule has 0 saturated carbocycles. The summed E-state index contributed by atoms with van der Waals surface area (Å²) < 4.78 is 0. The minimum absolute atomic E-state index is 0.371. The van der Waals surface area contributed by atoms with Gasteiger partial charge in [-0.05, 0) is 46.9 Å². The van der Waals surface area contributed by atoms with E-state index in [9.17, 15) is 0 Å². The van der Waals surface area contributed by atoms with E-state index in [1.807, 2.05) is 53.5 Å². The molecule has 31 heavy (non-hydrogen) atoms. The van der Waals surface area contributed by atoms with Crippen molar-refractivity contribution < 1.29 is 0 Å². The van der Waals surface area contributed by atoms with E-state index < -0.39 is 5.54 Å². The van der Waals surface area contributed by atoms with Crippen LogP contribution in [0.25, 0.3) is 5.57 Å². The number of nitrogens with zero attached hydrogens (tertiary/aromatic N) is 5. The van der Waals surface area contributed by atoms with Gasteiger partial charge in [-0.2, -0.15) is 5.26 Å². The van der Waals surface area contributed by atoms with Gasteiger partial charge in [-0.25, -0.2) is 4.99 Å². The van der Waals surface area contributed by atoms with Crippen LogP contribution in [0.3, 0.4) is 0 Å². The highest BCUT2D eigenvalue weighted by Gasteiger charge is 2.49. The van der Waals surface area contributed by atoms with Gasteiger partial charge in [0, 0.05) is 25.5 Å². The highest BCUT2D eigenvalue weighted by Crippen LogP contribution is 2.41. The lowest BCUT2D eigenvalue weighted by molar-refractivity contribution is 0.531. The molecular formula is C25H24N6. The summed E-state index contributed by atoms with van der Waals surface area (Å²) in [7, 11) is 0. The molecule has 4 rings (SSSR count). The molecule has 2 aromatic rings. The van der Waals surface area contributed by atoms with Crippen molar-refractivity contribution in [1.29, 1.82) is 5.26 Å². The van der Waals surface area contributed by atoms with Crippen LogP contribution in [0.2, 0.25) is 0 Å². The fourth-order valence-electron chi connectivity index (χ4n) is 4.07. The average molecular weight is 409 g/mol. The molecule has 1 atom stereocenters. The second kappa shape index (κ2) is 8.80. The minimum Gasteiger partial charge on any atom is -0.369 e. The standard InChI is InChI=1S/C25H24N6/c1-2-19(8-4-3-5-13-26)20-9-6-10-22(18-20)25(21-11-15-28-16-12-21)23-29-14-7-17-31(23)24(27)30-25/h2-4,6,8-12,15-16,18H,1,5,7,14,17H2,(H2,27,30)/b4-3-,19-8+. The van der Waals surface area contributed by atoms with E-state index in [1.54, 1.807) is 12.4 Å². The Labute approximate surface area is 182 Å². The number of rotatable bonds is 6. The summed E-state index contributed by atoms with van der Waals surface area (Å²) in [4.78, 5) is 16.1. The van der Waals surface area contributed by atoms with Crippen molar-refractivity contribution >= 4 is 17.4 Å². The SMILES string of the molecule is C=C/C(=C\C=C/CC#N)c1cccc(C2(c3ccncc3)N=C(N)N3CCCN=C32)c1. The fraction of sp³-hybridized carbons (Fsp3) is 0.200. The molecule has 2 N–H and O–H groups in total. The van der Waals surface area contributed by atoms with Gasteiger partial charge in [0.1, 0.15) is 5.84 Å². The maximum Gasteiger partial charge on any atom is 0.198 e. The van der Waals surface area contributed by atoms with Crippen LogP contribution in [-0.2, 0) is 5.54 Å². The van der Waals surface area contributed by atoms with E-state index in [1.165, 1.54) is 0 Å². The van der Waals surface area contributed by atoms with Crippen LogP contribution in [-0.4, -0.2) is 34.8 Å². The molecule has 3 heterocycles. The van der Waals surface area contributed by atoms with Gasteiger partial charge in [-0.1, -0.05) is 49.1 Å². The highest BCUT2D eigenvalue weighted by atomic mass is 15.4. The lowest BCUT2D eigenvalue weighted by atomic mass is 9.81. The van der Waals surface area contributed by atoms with Gasteiger partial charge in [0.15, 0.2) is 11.5 Å². The molecule has 1 aromatic heterocycles. The van der Waals surface area contributed by atoms with Crippen molar-refractivity contribution in [2.24, 2.45) is 15.7 Å². The van der Waals surface area contributed by atoms with Crippen molar-refractivity contribution in [3.8, 4) is 6.07 Å². The summed E-state index contributed by atoms with van der Waals surface area (Å²) in [6, 6.07) is 14.3. The first-order valence-corrected chi connectivity index (χ1v) is 10.3. The molecule has 0 bridgehead atoms. The van der Waals surface area contributed by atoms with Gasteiger partial charge in [0.25, 0.3) is 0 Å². The van der Waals surface area contributed by atoms with E-state index in [-0.39, 0.29) is 0 Å². The monoisotopic (exact) mass is 408 g/mol. The van der Waals surface area contributed by atoms with Crippen LogP contribution in [0.5, 0.6) is 0 Å². The second-order valence-electron chi connectivity index (χ2n) is 7.32. The molecule has 154 valence electrons. The zero-order valence-electron chi connectivity index (χ0n) is 17.3. The summed E-state index contributed by atoms with van der Waals surface area (Å²) >= 11 is 0. The Kier molecular flexibility index (Phi) is 5.76. The number of nitrogens with two attached hydrogens (primary N) is 1. The lowest BCUT2D eigenvalue weighted by Gasteiger charge is -2.33. The molecule has 0 spiro atoms. The first-order valence-electron chi connectivity index (χ1n) is 10.3. The van der Waals surface area contributed by atoms with E-state index in [0.717, 1.165) is 47.6 Å². The van der Waals surface area contributed by atoms with Gasteiger partial charge in [-0.15, -0.1) is 0 Å². The predicted octanol–water partition coefficient (Wildman–Crippen LogP) is 3.80. The Morgan fingerprint density at radius 2 is 2.10 bits per heavy atom. The first-order chi connectivity index (χ1) is 15.2. The zero-order chi connectivity index (χ0) is 21.7. The molecule has 2 aliphatic heterocycles. The number of benzene rings is 1. The maximum atomic E-state index is 8.73. The van der Waals surface area contributed by atoms with Crippen molar-refractivity contribution in [2.45, 2.75) is 18.4 Å². The summed E-state index contributed by atoms with van der Waals surface area (Å²) in [5.74, 6) is 1.34. The number of nitriles is 1. The van der Waals surface area contributed by atoms with Crippen LogP contribution < -0.4 is 5.73 Å². The predicted molar refractivity (Wildman–Crippen MR) is 124 cm³/mol. The van der Waals surface area contributed by atoms with Crippen molar-refractivity contribution in [3.05, 3.63) is 96.4 Å². The van der Waals surface area contributed by atoms with Gasteiger partial charge in [0.2, 0.25) is 0 Å². The molecule has 1 unspecified atom stereocenters. The van der Waals surface area contributed by atoms with Crippen LogP contribution in [0, 0.1) is 11.3 Å². The number of allylic oxidation sites excluding steroid dienone is 5. The Balaban J connectivity index is 1.87. The third-order valence-corrected chi connectivity index (χ3v) is 5.49. The van der Waals surface area contributed by atoms with Crippen LogP contribution in [0.1, 0.15) is 29.5 Å². The molecule has 1 aromatic carbocycles. The molecule has 0 aliphatic carbocycles. The Bertz CT molecular complexity index is 1140. The molecule has 0 saturated heterocycles. The average Bonchev–Trinajstić information content (AvgIpc) is 3.13. The van der Waals surface area contributed by atoms with Gasteiger partial charge < -0.3 is 5.73 Å². The van der Waals surface area contributed by atoms with Gasteiger partial charge in [0.05, 0.1) is 12.5 Å². The third kappa shape index (κ3) is 3.66. The Morgan fingerprint density at radius 1 is 1.26 bits per heavy atom. The van der Waals surface area contributed by atoms with Gasteiger partial charge in [-0.3, -0.25) is 14.9 Å². The highest BCUT2D eigenvalue weighted by molar-refractivity contribution is 6.12. The van der Waals surface area contributed by atoms with Gasteiger partial charge >= 0.3 is 0 Å². The first kappa shape index (κ1) is 20.3. The van der Waals surface area contributed by atoms with Crippen molar-refractivity contribution in [3.63, 3.8) is 0 Å². The molecule has 0 fully saturated rings. The number of fused-ring (bicyclic) bond motifs is 1. The molecule has 0 radical (unpaired) electrons. The quantitative estimate of drug-likeness (QED) is 0.736. The lowest BCUT2D eigenvalue weighted by Crippen LogP contribution is -2.46. The number of aromatic nitrogens is 1. The number of hydrogen-bond donors (Lipinski definition) is 1. The smallest absolute Gasteiger partial charge is 0.198 e. The number of aliphatic imine (C=N–C) groups is 2. The van der Waals surface area contributed by atoms with Crippen LogP contribution in [0.15, 0.2) is 89.7 Å². The molecule has 2 aliphatic rings. The van der Waals surface area contributed by atoms with E-state index >= 15 is 0 Å². The topological polar surface area (TPSA) is 90.7 Å². The number of guanidine groups is 1. The summed E-state index contributed by atoms with van der Waals surface area (Å²) in [6.45, 7) is 5.52. The summed E-state index contributed by atoms with van der Waals surface area (Å²) in [5, 5.41) is 8.73.